The first-order valence-corrected chi connectivity index (χ1v) is 7.08. The van der Waals surface area contributed by atoms with Crippen molar-refractivity contribution in [1.29, 1.82) is 0 Å². The smallest absolute Gasteiger partial charge is 0.273 e. The first kappa shape index (κ1) is 13.5. The van der Waals surface area contributed by atoms with Crippen molar-refractivity contribution in [3.05, 3.63) is 51.7 Å². The van der Waals surface area contributed by atoms with E-state index in [2.05, 4.69) is 10.3 Å². The summed E-state index contributed by atoms with van der Waals surface area (Å²) in [5.74, 6) is 0.851. The van der Waals surface area contributed by atoms with E-state index in [1.807, 2.05) is 23.0 Å². The lowest BCUT2D eigenvalue weighted by atomic mass is 10.3. The molecule has 0 fully saturated rings. The van der Waals surface area contributed by atoms with E-state index in [-0.39, 0.29) is 5.69 Å². The SMILES string of the molecule is CNCc1c(Oc2cccc([N+](=O)[O-])c2)nc2sccn12. The van der Waals surface area contributed by atoms with Gasteiger partial charge >= 0.3 is 0 Å². The molecule has 1 aromatic carbocycles. The Labute approximate surface area is 124 Å². The fourth-order valence-electron chi connectivity index (χ4n) is 1.99. The summed E-state index contributed by atoms with van der Waals surface area (Å²) in [4.78, 5) is 15.6. The highest BCUT2D eigenvalue weighted by molar-refractivity contribution is 7.15. The molecular formula is C13H12N4O3S. The molecule has 21 heavy (non-hydrogen) atoms. The van der Waals surface area contributed by atoms with Crippen LogP contribution in [0.4, 0.5) is 5.69 Å². The Balaban J connectivity index is 1.97. The van der Waals surface area contributed by atoms with Crippen molar-refractivity contribution in [1.82, 2.24) is 14.7 Å². The lowest BCUT2D eigenvalue weighted by Crippen LogP contribution is -2.08. The molecule has 0 unspecified atom stereocenters. The summed E-state index contributed by atoms with van der Waals surface area (Å²) in [5.41, 5.74) is 0.865. The number of rotatable bonds is 5. The lowest BCUT2D eigenvalue weighted by molar-refractivity contribution is -0.384. The normalized spacial score (nSPS) is 10.9. The second kappa shape index (κ2) is 5.51. The number of hydrogen-bond donors (Lipinski definition) is 1. The monoisotopic (exact) mass is 304 g/mol. The molecule has 108 valence electrons. The van der Waals surface area contributed by atoms with Crippen molar-refractivity contribution in [2.45, 2.75) is 6.54 Å². The van der Waals surface area contributed by atoms with E-state index in [9.17, 15) is 10.1 Å². The van der Waals surface area contributed by atoms with Crippen molar-refractivity contribution in [3.8, 4) is 11.6 Å². The Bertz CT molecular complexity index is 796. The molecule has 0 aliphatic rings. The second-order valence-corrected chi connectivity index (χ2v) is 5.18. The third kappa shape index (κ3) is 2.58. The largest absolute Gasteiger partial charge is 0.437 e. The van der Waals surface area contributed by atoms with Crippen molar-refractivity contribution in [2.24, 2.45) is 0 Å². The maximum absolute atomic E-state index is 10.8. The molecule has 0 spiro atoms. The number of nitrogens with one attached hydrogen (secondary N) is 1. The molecule has 0 saturated heterocycles. The number of imidazole rings is 1. The Kier molecular flexibility index (Phi) is 3.55. The summed E-state index contributed by atoms with van der Waals surface area (Å²) in [6.45, 7) is 0.585. The minimum atomic E-state index is -0.451. The lowest BCUT2D eigenvalue weighted by Gasteiger charge is -2.05. The maximum atomic E-state index is 10.8. The molecule has 2 heterocycles. The van der Waals surface area contributed by atoms with Crippen LogP contribution in [0.25, 0.3) is 4.96 Å². The molecule has 0 amide bonds. The van der Waals surface area contributed by atoms with Crippen LogP contribution in [0.5, 0.6) is 11.6 Å². The number of thiazole rings is 1. The summed E-state index contributed by atoms with van der Waals surface area (Å²) in [6.07, 6.45) is 1.92. The fraction of sp³-hybridized carbons (Fsp3) is 0.154. The van der Waals surface area contributed by atoms with E-state index in [1.165, 1.54) is 23.5 Å². The Morgan fingerprint density at radius 1 is 1.52 bits per heavy atom. The highest BCUT2D eigenvalue weighted by Crippen LogP contribution is 2.29. The Morgan fingerprint density at radius 2 is 2.38 bits per heavy atom. The van der Waals surface area contributed by atoms with Crippen LogP contribution in [0.2, 0.25) is 0 Å². The van der Waals surface area contributed by atoms with E-state index >= 15 is 0 Å². The highest BCUT2D eigenvalue weighted by atomic mass is 32.1. The highest BCUT2D eigenvalue weighted by Gasteiger charge is 2.15. The van der Waals surface area contributed by atoms with Gasteiger partial charge in [-0.05, 0) is 13.1 Å². The van der Waals surface area contributed by atoms with E-state index in [0.29, 0.717) is 18.2 Å². The summed E-state index contributed by atoms with van der Waals surface area (Å²) < 4.78 is 7.66. The minimum Gasteiger partial charge on any atom is -0.437 e. The van der Waals surface area contributed by atoms with E-state index in [0.717, 1.165) is 10.7 Å². The quantitative estimate of drug-likeness (QED) is 0.579. The van der Waals surface area contributed by atoms with Crippen LogP contribution < -0.4 is 10.1 Å². The zero-order chi connectivity index (χ0) is 14.8. The topological polar surface area (TPSA) is 81.7 Å². The molecule has 3 aromatic rings. The fourth-order valence-corrected chi connectivity index (χ4v) is 2.72. The number of aromatic nitrogens is 2. The molecule has 0 aliphatic carbocycles. The molecule has 3 rings (SSSR count). The van der Waals surface area contributed by atoms with Gasteiger partial charge in [-0.1, -0.05) is 6.07 Å². The van der Waals surface area contributed by atoms with Crippen LogP contribution in [0.3, 0.4) is 0 Å². The van der Waals surface area contributed by atoms with Crippen molar-refractivity contribution in [2.75, 3.05) is 7.05 Å². The van der Waals surface area contributed by atoms with Crippen molar-refractivity contribution < 1.29 is 9.66 Å². The number of nitro benzene ring substituents is 1. The van der Waals surface area contributed by atoms with Gasteiger partial charge in [-0.25, -0.2) is 0 Å². The molecule has 0 saturated carbocycles. The third-order valence-corrected chi connectivity index (χ3v) is 3.67. The number of benzene rings is 1. The minimum absolute atomic E-state index is 0.0105. The number of ether oxygens (including phenoxy) is 1. The van der Waals surface area contributed by atoms with Gasteiger partial charge in [-0.15, -0.1) is 11.3 Å². The molecule has 2 aromatic heterocycles. The molecule has 7 nitrogen and oxygen atoms in total. The first-order chi connectivity index (χ1) is 10.2. The van der Waals surface area contributed by atoms with E-state index in [4.69, 9.17) is 4.74 Å². The summed E-state index contributed by atoms with van der Waals surface area (Å²) >= 11 is 1.50. The average Bonchev–Trinajstić information content (AvgIpc) is 3.03. The number of nitro groups is 1. The zero-order valence-electron chi connectivity index (χ0n) is 11.1. The van der Waals surface area contributed by atoms with Gasteiger partial charge in [-0.2, -0.15) is 4.98 Å². The number of fused-ring (bicyclic) bond motifs is 1. The Hall–Kier alpha value is -2.45. The van der Waals surface area contributed by atoms with Gasteiger partial charge < -0.3 is 10.1 Å². The molecule has 0 atom stereocenters. The Morgan fingerprint density at radius 3 is 3.14 bits per heavy atom. The second-order valence-electron chi connectivity index (χ2n) is 4.31. The summed E-state index contributed by atoms with van der Waals surface area (Å²) in [6, 6.07) is 6.07. The number of non-ortho nitro benzene ring substituents is 1. The van der Waals surface area contributed by atoms with E-state index in [1.54, 1.807) is 12.1 Å². The standard InChI is InChI=1S/C13H12N4O3S/c1-14-8-11-12(15-13-16(11)5-6-21-13)20-10-4-2-3-9(7-10)17(18)19/h2-7,14H,8H2,1H3. The van der Waals surface area contributed by atoms with Gasteiger partial charge in [0, 0.05) is 24.2 Å². The predicted octanol–water partition coefficient (Wildman–Crippen LogP) is 2.82. The van der Waals surface area contributed by atoms with Gasteiger partial charge in [0.05, 0.1) is 11.0 Å². The average molecular weight is 304 g/mol. The van der Waals surface area contributed by atoms with Gasteiger partial charge in [-0.3, -0.25) is 14.5 Å². The zero-order valence-corrected chi connectivity index (χ0v) is 12.0. The maximum Gasteiger partial charge on any atom is 0.273 e. The van der Waals surface area contributed by atoms with Gasteiger partial charge in [0.15, 0.2) is 4.96 Å². The van der Waals surface area contributed by atoms with Gasteiger partial charge in [0.2, 0.25) is 5.88 Å². The van der Waals surface area contributed by atoms with Gasteiger partial charge in [0.25, 0.3) is 5.69 Å². The van der Waals surface area contributed by atoms with E-state index < -0.39 is 4.92 Å². The third-order valence-electron chi connectivity index (χ3n) is 2.91. The van der Waals surface area contributed by atoms with Crippen LogP contribution >= 0.6 is 11.3 Å². The van der Waals surface area contributed by atoms with Crippen molar-refractivity contribution in [3.63, 3.8) is 0 Å². The van der Waals surface area contributed by atoms with Gasteiger partial charge in [0.1, 0.15) is 11.4 Å². The number of hydrogen-bond acceptors (Lipinski definition) is 6. The summed E-state index contributed by atoms with van der Waals surface area (Å²) in [5, 5.41) is 15.8. The molecular weight excluding hydrogens is 292 g/mol. The van der Waals surface area contributed by atoms with Crippen LogP contribution in [0.1, 0.15) is 5.69 Å². The molecule has 1 N–H and O–H groups in total. The van der Waals surface area contributed by atoms with Crippen LogP contribution in [0.15, 0.2) is 35.8 Å². The van der Waals surface area contributed by atoms with Crippen LogP contribution in [-0.4, -0.2) is 21.4 Å². The van der Waals surface area contributed by atoms with Crippen molar-refractivity contribution >= 4 is 22.0 Å². The molecule has 8 heteroatoms. The predicted molar refractivity (Wildman–Crippen MR) is 79.0 cm³/mol. The number of nitrogens with zero attached hydrogens (tertiary/aromatic N) is 3. The van der Waals surface area contributed by atoms with Crippen LogP contribution in [0, 0.1) is 10.1 Å². The first-order valence-electron chi connectivity index (χ1n) is 6.20. The summed E-state index contributed by atoms with van der Waals surface area (Å²) in [7, 11) is 1.84. The van der Waals surface area contributed by atoms with Crippen LogP contribution in [-0.2, 0) is 6.54 Å². The molecule has 0 radical (unpaired) electrons. The molecule has 0 bridgehead atoms. The molecule has 0 aliphatic heterocycles.